The van der Waals surface area contributed by atoms with E-state index in [1.807, 2.05) is 16.7 Å². The summed E-state index contributed by atoms with van der Waals surface area (Å²) in [7, 11) is 1.65. The molecule has 0 spiro atoms. The van der Waals surface area contributed by atoms with Crippen LogP contribution in [-0.4, -0.2) is 39.1 Å². The van der Waals surface area contributed by atoms with Crippen LogP contribution in [0.1, 0.15) is 16.2 Å². The lowest BCUT2D eigenvalue weighted by atomic mass is 10.2. The lowest BCUT2D eigenvalue weighted by Crippen LogP contribution is -2.25. The summed E-state index contributed by atoms with van der Waals surface area (Å²) in [5, 5.41) is 2.87. The fourth-order valence-corrected chi connectivity index (χ4v) is 2.32. The molecule has 23 heavy (non-hydrogen) atoms. The maximum Gasteiger partial charge on any atom is 0.251 e. The molecule has 3 aromatic heterocycles. The van der Waals surface area contributed by atoms with Crippen LogP contribution in [0, 0.1) is 0 Å². The van der Waals surface area contributed by atoms with Gasteiger partial charge in [0.15, 0.2) is 5.65 Å². The second-order valence-corrected chi connectivity index (χ2v) is 4.94. The molecular weight excluding hydrogens is 294 g/mol. The first-order valence-electron chi connectivity index (χ1n) is 7.27. The third kappa shape index (κ3) is 3.35. The summed E-state index contributed by atoms with van der Waals surface area (Å²) >= 11 is 0. The molecule has 0 atom stereocenters. The van der Waals surface area contributed by atoms with Crippen molar-refractivity contribution in [3.05, 3.63) is 54.2 Å². The van der Waals surface area contributed by atoms with Gasteiger partial charge in [0.1, 0.15) is 11.3 Å². The maximum absolute atomic E-state index is 12.1. The van der Waals surface area contributed by atoms with Crippen LogP contribution in [0.4, 0.5) is 0 Å². The Hall–Kier alpha value is -2.80. The van der Waals surface area contributed by atoms with Crippen molar-refractivity contribution in [3.8, 4) is 0 Å². The standard InChI is InChI=1S/C16H17N5O2/c1-23-10-9-21-14(20-13-3-2-6-18-15(13)21)11-19-16(22)12-4-7-17-8-5-12/h2-8H,9-11H2,1H3,(H,19,22). The summed E-state index contributed by atoms with van der Waals surface area (Å²) in [6.07, 6.45) is 4.91. The molecule has 3 rings (SSSR count). The van der Waals surface area contributed by atoms with Crippen molar-refractivity contribution in [2.75, 3.05) is 13.7 Å². The predicted molar refractivity (Wildman–Crippen MR) is 84.8 cm³/mol. The molecule has 1 amide bonds. The number of carbonyl (C=O) groups excluding carboxylic acids is 1. The van der Waals surface area contributed by atoms with Gasteiger partial charge in [-0.25, -0.2) is 9.97 Å². The normalized spacial score (nSPS) is 10.8. The van der Waals surface area contributed by atoms with E-state index in [0.29, 0.717) is 25.3 Å². The fourth-order valence-electron chi connectivity index (χ4n) is 2.32. The van der Waals surface area contributed by atoms with Gasteiger partial charge < -0.3 is 14.6 Å². The molecule has 0 aliphatic heterocycles. The maximum atomic E-state index is 12.1. The molecule has 118 valence electrons. The number of hydrogen-bond acceptors (Lipinski definition) is 5. The molecule has 7 heteroatoms. The highest BCUT2D eigenvalue weighted by Crippen LogP contribution is 2.13. The number of rotatable bonds is 6. The first kappa shape index (κ1) is 15.1. The Kier molecular flexibility index (Phi) is 4.58. The Bertz CT molecular complexity index is 801. The number of fused-ring (bicyclic) bond motifs is 1. The zero-order valence-corrected chi connectivity index (χ0v) is 12.8. The van der Waals surface area contributed by atoms with E-state index in [9.17, 15) is 4.79 Å². The molecule has 0 unspecified atom stereocenters. The van der Waals surface area contributed by atoms with Crippen molar-refractivity contribution < 1.29 is 9.53 Å². The van der Waals surface area contributed by atoms with Crippen molar-refractivity contribution in [2.45, 2.75) is 13.1 Å². The SMILES string of the molecule is COCCn1c(CNC(=O)c2ccncc2)nc2cccnc21. The highest BCUT2D eigenvalue weighted by atomic mass is 16.5. The van der Waals surface area contributed by atoms with E-state index in [0.717, 1.165) is 17.0 Å². The van der Waals surface area contributed by atoms with E-state index in [1.54, 1.807) is 37.8 Å². The van der Waals surface area contributed by atoms with Gasteiger partial charge in [0.25, 0.3) is 5.91 Å². The Labute approximate surface area is 133 Å². The van der Waals surface area contributed by atoms with Gasteiger partial charge in [-0.1, -0.05) is 0 Å². The topological polar surface area (TPSA) is 81.9 Å². The summed E-state index contributed by atoms with van der Waals surface area (Å²) in [4.78, 5) is 25.0. The van der Waals surface area contributed by atoms with Crippen LogP contribution in [0.3, 0.4) is 0 Å². The first-order valence-corrected chi connectivity index (χ1v) is 7.27. The number of nitrogens with one attached hydrogen (secondary N) is 1. The Morgan fingerprint density at radius 1 is 1.26 bits per heavy atom. The predicted octanol–water partition coefficient (Wildman–Crippen LogP) is 1.40. The molecule has 7 nitrogen and oxygen atoms in total. The van der Waals surface area contributed by atoms with Crippen LogP contribution < -0.4 is 5.32 Å². The molecule has 1 N–H and O–H groups in total. The molecular formula is C16H17N5O2. The highest BCUT2D eigenvalue weighted by molar-refractivity contribution is 5.93. The van der Waals surface area contributed by atoms with E-state index in [2.05, 4.69) is 20.3 Å². The van der Waals surface area contributed by atoms with Crippen LogP contribution >= 0.6 is 0 Å². The zero-order valence-electron chi connectivity index (χ0n) is 12.8. The van der Waals surface area contributed by atoms with Crippen LogP contribution in [0.25, 0.3) is 11.2 Å². The van der Waals surface area contributed by atoms with Crippen LogP contribution in [0.2, 0.25) is 0 Å². The van der Waals surface area contributed by atoms with Crippen LogP contribution in [0.15, 0.2) is 42.9 Å². The number of amides is 1. The summed E-state index contributed by atoms with van der Waals surface area (Å²) in [5.41, 5.74) is 2.16. The average Bonchev–Trinajstić information content (AvgIpc) is 2.96. The summed E-state index contributed by atoms with van der Waals surface area (Å²) < 4.78 is 7.11. The largest absolute Gasteiger partial charge is 0.383 e. The monoisotopic (exact) mass is 311 g/mol. The van der Waals surface area contributed by atoms with E-state index in [1.165, 1.54) is 0 Å². The van der Waals surface area contributed by atoms with Gasteiger partial charge >= 0.3 is 0 Å². The van der Waals surface area contributed by atoms with Crippen molar-refractivity contribution in [2.24, 2.45) is 0 Å². The van der Waals surface area contributed by atoms with Gasteiger partial charge in [0.2, 0.25) is 0 Å². The molecule has 0 aliphatic carbocycles. The number of nitrogens with zero attached hydrogens (tertiary/aromatic N) is 4. The number of aromatic nitrogens is 4. The first-order chi connectivity index (χ1) is 11.3. The van der Waals surface area contributed by atoms with Gasteiger partial charge in [-0.05, 0) is 24.3 Å². The number of carbonyl (C=O) groups is 1. The summed E-state index contributed by atoms with van der Waals surface area (Å²) in [6.45, 7) is 1.50. The van der Waals surface area contributed by atoms with Crippen molar-refractivity contribution in [1.29, 1.82) is 0 Å². The minimum Gasteiger partial charge on any atom is -0.383 e. The minimum absolute atomic E-state index is 0.161. The Balaban J connectivity index is 1.80. The smallest absolute Gasteiger partial charge is 0.251 e. The van der Waals surface area contributed by atoms with Gasteiger partial charge in [-0.15, -0.1) is 0 Å². The zero-order chi connectivity index (χ0) is 16.1. The molecule has 0 radical (unpaired) electrons. The molecule has 0 saturated heterocycles. The molecule has 3 aromatic rings. The molecule has 0 aromatic carbocycles. The van der Waals surface area contributed by atoms with Gasteiger partial charge in [0, 0.05) is 37.8 Å². The van der Waals surface area contributed by atoms with Crippen LogP contribution in [0.5, 0.6) is 0 Å². The quantitative estimate of drug-likeness (QED) is 0.744. The van der Waals surface area contributed by atoms with Crippen molar-refractivity contribution in [1.82, 2.24) is 24.8 Å². The minimum atomic E-state index is -0.161. The molecule has 0 saturated carbocycles. The summed E-state index contributed by atoms with van der Waals surface area (Å²) in [5.74, 6) is 0.587. The summed E-state index contributed by atoms with van der Waals surface area (Å²) in [6, 6.07) is 7.09. The van der Waals surface area contributed by atoms with E-state index >= 15 is 0 Å². The number of ether oxygens (including phenoxy) is 1. The fraction of sp³-hybridized carbons (Fsp3) is 0.250. The lowest BCUT2D eigenvalue weighted by Gasteiger charge is -2.09. The third-order valence-corrected chi connectivity index (χ3v) is 3.45. The number of hydrogen-bond donors (Lipinski definition) is 1. The van der Waals surface area contributed by atoms with E-state index in [4.69, 9.17) is 4.74 Å². The number of imidazole rings is 1. The van der Waals surface area contributed by atoms with Crippen molar-refractivity contribution >= 4 is 17.1 Å². The van der Waals surface area contributed by atoms with Crippen molar-refractivity contribution in [3.63, 3.8) is 0 Å². The second-order valence-electron chi connectivity index (χ2n) is 4.94. The second kappa shape index (κ2) is 6.97. The number of pyridine rings is 2. The Morgan fingerprint density at radius 2 is 2.09 bits per heavy atom. The van der Waals surface area contributed by atoms with Gasteiger partial charge in [-0.3, -0.25) is 9.78 Å². The third-order valence-electron chi connectivity index (χ3n) is 3.45. The average molecular weight is 311 g/mol. The molecule has 0 fully saturated rings. The van der Waals surface area contributed by atoms with Gasteiger partial charge in [-0.2, -0.15) is 0 Å². The molecule has 0 bridgehead atoms. The molecule has 0 aliphatic rings. The van der Waals surface area contributed by atoms with E-state index in [-0.39, 0.29) is 5.91 Å². The van der Waals surface area contributed by atoms with E-state index < -0.39 is 0 Å². The molecule has 3 heterocycles. The Morgan fingerprint density at radius 3 is 2.87 bits per heavy atom. The van der Waals surface area contributed by atoms with Crippen LogP contribution in [-0.2, 0) is 17.8 Å². The number of methoxy groups -OCH3 is 1. The highest BCUT2D eigenvalue weighted by Gasteiger charge is 2.13. The lowest BCUT2D eigenvalue weighted by molar-refractivity contribution is 0.0949. The van der Waals surface area contributed by atoms with Gasteiger partial charge in [0.05, 0.1) is 13.2 Å².